The second-order valence-electron chi connectivity index (χ2n) is 3.39. The Hall–Kier alpha value is -0.170. The molecule has 0 aliphatic rings. The molecular formula is C11H12BrFINO. The van der Waals surface area contributed by atoms with Gasteiger partial charge in [-0.15, -0.1) is 0 Å². The molecule has 0 saturated heterocycles. The molecule has 0 aromatic heterocycles. The third kappa shape index (κ3) is 3.69. The topological polar surface area (TPSA) is 20.3 Å². The van der Waals surface area contributed by atoms with Crippen LogP contribution < -0.4 is 0 Å². The summed E-state index contributed by atoms with van der Waals surface area (Å²) in [6, 6.07) is 4.21. The largest absolute Gasteiger partial charge is 0.342 e. The second-order valence-corrected chi connectivity index (χ2v) is 5.35. The Kier molecular flexibility index (Phi) is 5.68. The molecule has 5 heteroatoms. The molecule has 0 spiro atoms. The molecule has 0 bridgehead atoms. The number of carbonyl (C=O) groups is 1. The van der Waals surface area contributed by atoms with Crippen molar-refractivity contribution in [1.82, 2.24) is 4.90 Å². The van der Waals surface area contributed by atoms with Gasteiger partial charge in [-0.1, -0.05) is 15.9 Å². The van der Waals surface area contributed by atoms with Gasteiger partial charge in [-0.2, -0.15) is 0 Å². The number of nitrogens with zero attached hydrogens (tertiary/aromatic N) is 1. The minimum Gasteiger partial charge on any atom is -0.342 e. The van der Waals surface area contributed by atoms with Gasteiger partial charge >= 0.3 is 0 Å². The highest BCUT2D eigenvalue weighted by Gasteiger charge is 2.14. The molecule has 1 rings (SSSR count). The lowest BCUT2D eigenvalue weighted by Gasteiger charge is -2.17. The predicted molar refractivity (Wildman–Crippen MR) is 74.5 cm³/mol. The van der Waals surface area contributed by atoms with Crippen LogP contribution in [0.1, 0.15) is 16.8 Å². The Morgan fingerprint density at radius 3 is 2.81 bits per heavy atom. The predicted octanol–water partition coefficient (Wildman–Crippen LogP) is 3.29. The molecule has 2 nitrogen and oxygen atoms in total. The van der Waals surface area contributed by atoms with E-state index >= 15 is 0 Å². The Labute approximate surface area is 116 Å². The summed E-state index contributed by atoms with van der Waals surface area (Å²) >= 11 is 5.29. The minimum absolute atomic E-state index is 0.0645. The van der Waals surface area contributed by atoms with Gasteiger partial charge in [0.25, 0.3) is 5.91 Å². The van der Waals surface area contributed by atoms with Crippen molar-refractivity contribution >= 4 is 44.4 Å². The number of alkyl halides is 1. The Morgan fingerprint density at radius 2 is 2.25 bits per heavy atom. The zero-order valence-corrected chi connectivity index (χ0v) is 12.6. The van der Waals surface area contributed by atoms with E-state index in [1.165, 1.54) is 18.2 Å². The van der Waals surface area contributed by atoms with Crippen molar-refractivity contribution in [3.05, 3.63) is 33.1 Å². The fourth-order valence-electron chi connectivity index (χ4n) is 1.27. The van der Waals surface area contributed by atoms with E-state index in [-0.39, 0.29) is 11.7 Å². The summed E-state index contributed by atoms with van der Waals surface area (Å²) < 4.78 is 13.5. The standard InChI is InChI=1S/C11H12BrFINO/c1-15(6-2-5-12)11(16)9-4-3-8(13)7-10(9)14/h3-4,7H,2,5-6H2,1H3. The number of halogens is 3. The molecule has 88 valence electrons. The van der Waals surface area contributed by atoms with Crippen LogP contribution in [0.3, 0.4) is 0 Å². The maximum absolute atomic E-state index is 12.9. The molecule has 0 aliphatic heterocycles. The van der Waals surface area contributed by atoms with E-state index in [0.29, 0.717) is 15.7 Å². The first-order valence-corrected chi connectivity index (χ1v) is 7.02. The van der Waals surface area contributed by atoms with Crippen LogP contribution in [0.2, 0.25) is 0 Å². The number of carbonyl (C=O) groups excluding carboxylic acids is 1. The summed E-state index contributed by atoms with van der Waals surface area (Å²) in [7, 11) is 1.75. The molecule has 1 aromatic rings. The number of amides is 1. The highest BCUT2D eigenvalue weighted by atomic mass is 127. The third-order valence-corrected chi connectivity index (χ3v) is 3.59. The SMILES string of the molecule is CN(CCCBr)C(=O)c1ccc(F)cc1I. The van der Waals surface area contributed by atoms with E-state index in [0.717, 1.165) is 11.8 Å². The number of hydrogen-bond acceptors (Lipinski definition) is 1. The molecule has 16 heavy (non-hydrogen) atoms. The summed E-state index contributed by atoms with van der Waals surface area (Å²) in [5.41, 5.74) is 0.555. The van der Waals surface area contributed by atoms with Gasteiger partial charge in [0.15, 0.2) is 0 Å². The van der Waals surface area contributed by atoms with Crippen LogP contribution in [-0.2, 0) is 0 Å². The fourth-order valence-corrected chi connectivity index (χ4v) is 2.23. The Balaban J connectivity index is 2.79. The van der Waals surface area contributed by atoms with Gasteiger partial charge in [0, 0.05) is 22.5 Å². The molecule has 0 fully saturated rings. The highest BCUT2D eigenvalue weighted by Crippen LogP contribution is 2.15. The molecule has 0 heterocycles. The second kappa shape index (κ2) is 6.54. The van der Waals surface area contributed by atoms with Gasteiger partial charge in [-0.3, -0.25) is 4.79 Å². The van der Waals surface area contributed by atoms with Crippen molar-refractivity contribution in [3.8, 4) is 0 Å². The fraction of sp³-hybridized carbons (Fsp3) is 0.364. The monoisotopic (exact) mass is 399 g/mol. The lowest BCUT2D eigenvalue weighted by molar-refractivity contribution is 0.0794. The van der Waals surface area contributed by atoms with Crippen molar-refractivity contribution in [3.63, 3.8) is 0 Å². The lowest BCUT2D eigenvalue weighted by atomic mass is 10.2. The Morgan fingerprint density at radius 1 is 1.56 bits per heavy atom. The first kappa shape index (κ1) is 13.9. The van der Waals surface area contributed by atoms with Crippen molar-refractivity contribution in [2.45, 2.75) is 6.42 Å². The highest BCUT2D eigenvalue weighted by molar-refractivity contribution is 14.1. The summed E-state index contributed by atoms with van der Waals surface area (Å²) in [6.45, 7) is 0.692. The summed E-state index contributed by atoms with van der Waals surface area (Å²) in [4.78, 5) is 13.6. The van der Waals surface area contributed by atoms with E-state index < -0.39 is 0 Å². The van der Waals surface area contributed by atoms with E-state index in [2.05, 4.69) is 15.9 Å². The smallest absolute Gasteiger partial charge is 0.254 e. The van der Waals surface area contributed by atoms with Crippen molar-refractivity contribution < 1.29 is 9.18 Å². The Bertz CT molecular complexity index is 386. The van der Waals surface area contributed by atoms with E-state index in [4.69, 9.17) is 0 Å². The van der Waals surface area contributed by atoms with Crippen LogP contribution in [0.4, 0.5) is 4.39 Å². The quantitative estimate of drug-likeness (QED) is 0.562. The summed E-state index contributed by atoms with van der Waals surface area (Å²) in [5, 5.41) is 0.866. The van der Waals surface area contributed by atoms with Crippen molar-refractivity contribution in [2.24, 2.45) is 0 Å². The van der Waals surface area contributed by atoms with Crippen molar-refractivity contribution in [1.29, 1.82) is 0 Å². The first-order valence-electron chi connectivity index (χ1n) is 4.82. The number of rotatable bonds is 4. The molecule has 0 radical (unpaired) electrons. The molecule has 1 aromatic carbocycles. The average Bonchev–Trinajstić information content (AvgIpc) is 2.25. The van der Waals surface area contributed by atoms with Gasteiger partial charge in [0.1, 0.15) is 5.82 Å². The van der Waals surface area contributed by atoms with Gasteiger partial charge < -0.3 is 4.90 Å². The zero-order chi connectivity index (χ0) is 12.1. The minimum atomic E-state index is -0.316. The van der Waals surface area contributed by atoms with E-state index in [9.17, 15) is 9.18 Å². The molecular weight excluding hydrogens is 388 g/mol. The van der Waals surface area contributed by atoms with Gasteiger partial charge in [0.05, 0.1) is 5.56 Å². The molecule has 0 saturated carbocycles. The first-order chi connectivity index (χ1) is 7.56. The number of benzene rings is 1. The van der Waals surface area contributed by atoms with Gasteiger partial charge in [-0.25, -0.2) is 4.39 Å². The van der Waals surface area contributed by atoms with E-state index in [1.54, 1.807) is 11.9 Å². The molecule has 0 N–H and O–H groups in total. The molecule has 0 aliphatic carbocycles. The van der Waals surface area contributed by atoms with Crippen LogP contribution in [0.15, 0.2) is 18.2 Å². The summed E-state index contributed by atoms with van der Waals surface area (Å²) in [6.07, 6.45) is 0.903. The van der Waals surface area contributed by atoms with E-state index in [1.807, 2.05) is 22.6 Å². The molecule has 1 amide bonds. The average molecular weight is 400 g/mol. The van der Waals surface area contributed by atoms with Gasteiger partial charge in [-0.05, 0) is 47.2 Å². The van der Waals surface area contributed by atoms with Crippen LogP contribution in [0, 0.1) is 9.39 Å². The van der Waals surface area contributed by atoms with Crippen LogP contribution >= 0.6 is 38.5 Å². The maximum Gasteiger partial charge on any atom is 0.254 e. The normalized spacial score (nSPS) is 10.2. The molecule has 0 unspecified atom stereocenters. The van der Waals surface area contributed by atoms with Gasteiger partial charge in [0.2, 0.25) is 0 Å². The molecule has 0 atom stereocenters. The summed E-state index contributed by atoms with van der Waals surface area (Å²) in [5.74, 6) is -0.380. The van der Waals surface area contributed by atoms with Crippen LogP contribution in [0.5, 0.6) is 0 Å². The van der Waals surface area contributed by atoms with Crippen LogP contribution in [-0.4, -0.2) is 29.7 Å². The lowest BCUT2D eigenvalue weighted by Crippen LogP contribution is -2.28. The third-order valence-electron chi connectivity index (χ3n) is 2.14. The maximum atomic E-state index is 12.9. The zero-order valence-electron chi connectivity index (χ0n) is 8.84. The van der Waals surface area contributed by atoms with Crippen LogP contribution in [0.25, 0.3) is 0 Å². The number of hydrogen-bond donors (Lipinski definition) is 0. The van der Waals surface area contributed by atoms with Crippen molar-refractivity contribution in [2.75, 3.05) is 18.9 Å².